The summed E-state index contributed by atoms with van der Waals surface area (Å²) in [4.78, 5) is 33.9. The van der Waals surface area contributed by atoms with Crippen LogP contribution in [0.5, 0.6) is 0 Å². The monoisotopic (exact) mass is 300 g/mol. The Morgan fingerprint density at radius 2 is 2.05 bits per heavy atom. The van der Waals surface area contributed by atoms with Crippen LogP contribution in [0.4, 0.5) is 17.6 Å². The van der Waals surface area contributed by atoms with E-state index in [1.165, 1.54) is 0 Å². The predicted molar refractivity (Wildman–Crippen MR) is 56.3 cm³/mol. The fourth-order valence-electron chi connectivity index (χ4n) is 1.77. The zero-order valence-corrected chi connectivity index (χ0v) is 10.1. The Bertz CT molecular complexity index is 413. The van der Waals surface area contributed by atoms with Gasteiger partial charge in [-0.3, -0.25) is 9.59 Å². The minimum atomic E-state index is -4.58. The van der Waals surface area contributed by atoms with Crippen LogP contribution in [0.2, 0.25) is 0 Å². The third kappa shape index (κ3) is 4.35. The van der Waals surface area contributed by atoms with Crippen molar-refractivity contribution in [1.29, 1.82) is 0 Å². The van der Waals surface area contributed by atoms with Gasteiger partial charge in [-0.05, 0) is 0 Å². The van der Waals surface area contributed by atoms with Gasteiger partial charge in [0, 0.05) is 13.0 Å². The molecule has 1 aliphatic rings. The fourth-order valence-corrected chi connectivity index (χ4v) is 1.77. The van der Waals surface area contributed by atoms with Gasteiger partial charge in [0.25, 0.3) is 0 Å². The van der Waals surface area contributed by atoms with Gasteiger partial charge in [0.05, 0.1) is 5.92 Å². The molecule has 2 unspecified atom stereocenters. The Morgan fingerprint density at radius 1 is 1.45 bits per heavy atom. The molecule has 6 nitrogen and oxygen atoms in total. The highest BCUT2D eigenvalue weighted by atomic mass is 19.4. The Morgan fingerprint density at radius 3 is 2.50 bits per heavy atom. The van der Waals surface area contributed by atoms with Crippen LogP contribution in [0, 0.1) is 5.92 Å². The summed E-state index contributed by atoms with van der Waals surface area (Å²) in [6.45, 7) is -3.29. The van der Waals surface area contributed by atoms with Gasteiger partial charge in [-0.1, -0.05) is 0 Å². The number of amides is 2. The molecular formula is C10H12F4N2O4. The van der Waals surface area contributed by atoms with Crippen molar-refractivity contribution < 1.29 is 37.1 Å². The molecule has 0 saturated carbocycles. The summed E-state index contributed by atoms with van der Waals surface area (Å²) in [7, 11) is 0. The van der Waals surface area contributed by atoms with Crippen molar-refractivity contribution >= 4 is 17.8 Å². The van der Waals surface area contributed by atoms with Crippen LogP contribution in [0.1, 0.15) is 6.42 Å². The highest BCUT2D eigenvalue weighted by Crippen LogP contribution is 2.23. The number of carboxylic acid groups (broad SMARTS) is 1. The van der Waals surface area contributed by atoms with E-state index in [-0.39, 0.29) is 0 Å². The summed E-state index contributed by atoms with van der Waals surface area (Å²) in [6, 6.07) is -1.77. The van der Waals surface area contributed by atoms with E-state index in [0.717, 1.165) is 0 Å². The first-order valence-corrected chi connectivity index (χ1v) is 5.57. The Kier molecular flexibility index (Phi) is 4.90. The Labute approximate surface area is 110 Å². The zero-order valence-electron chi connectivity index (χ0n) is 10.1. The van der Waals surface area contributed by atoms with Crippen LogP contribution in [0.25, 0.3) is 0 Å². The van der Waals surface area contributed by atoms with Crippen molar-refractivity contribution in [2.45, 2.75) is 18.6 Å². The predicted octanol–water partition coefficient (Wildman–Crippen LogP) is -0.0639. The molecule has 0 aromatic rings. The molecule has 0 spiro atoms. The topological polar surface area (TPSA) is 86.7 Å². The zero-order chi connectivity index (χ0) is 15.5. The van der Waals surface area contributed by atoms with Crippen molar-refractivity contribution in [3.05, 3.63) is 0 Å². The van der Waals surface area contributed by atoms with E-state index in [1.807, 2.05) is 5.32 Å². The number of aliphatic carboxylic acids is 1. The number of carboxylic acids is 1. The first-order chi connectivity index (χ1) is 9.14. The number of nitrogens with one attached hydrogen (secondary N) is 1. The quantitative estimate of drug-likeness (QED) is 0.696. The highest BCUT2D eigenvalue weighted by Gasteiger charge is 2.41. The molecule has 0 aromatic heterocycles. The molecule has 1 aliphatic heterocycles. The largest absolute Gasteiger partial charge is 0.480 e. The van der Waals surface area contributed by atoms with Gasteiger partial charge in [0.15, 0.2) is 6.04 Å². The molecule has 2 N–H and O–H groups in total. The molecule has 0 radical (unpaired) electrons. The summed E-state index contributed by atoms with van der Waals surface area (Å²) in [6.07, 6.45) is -5.04. The van der Waals surface area contributed by atoms with Crippen molar-refractivity contribution in [2.75, 3.05) is 19.8 Å². The summed E-state index contributed by atoms with van der Waals surface area (Å²) >= 11 is 0. The smallest absolute Gasteiger partial charge is 0.406 e. The lowest BCUT2D eigenvalue weighted by molar-refractivity contribution is -0.157. The number of hydrogen-bond donors (Lipinski definition) is 2. The molecule has 1 fully saturated rings. The van der Waals surface area contributed by atoms with Crippen LogP contribution < -0.4 is 5.32 Å². The summed E-state index contributed by atoms with van der Waals surface area (Å²) in [5, 5.41) is 10.4. The summed E-state index contributed by atoms with van der Waals surface area (Å²) < 4.78 is 48.8. The highest BCUT2D eigenvalue weighted by molar-refractivity contribution is 5.91. The SMILES string of the molecule is O=C(NC(CF)C(=O)O)C1CC(=O)N(CC(F)(F)F)C1. The molecule has 2 atom stereocenters. The number of halogens is 4. The van der Waals surface area contributed by atoms with E-state index < -0.39 is 62.1 Å². The average Bonchev–Trinajstić information content (AvgIpc) is 2.65. The maximum absolute atomic E-state index is 12.3. The van der Waals surface area contributed by atoms with Gasteiger partial charge in [-0.15, -0.1) is 0 Å². The number of nitrogens with zero attached hydrogens (tertiary/aromatic N) is 1. The number of carbonyl (C=O) groups is 3. The Balaban J connectivity index is 2.60. The van der Waals surface area contributed by atoms with E-state index in [4.69, 9.17) is 5.11 Å². The lowest BCUT2D eigenvalue weighted by Gasteiger charge is -2.18. The van der Waals surface area contributed by atoms with E-state index >= 15 is 0 Å². The maximum atomic E-state index is 12.3. The third-order valence-corrected chi connectivity index (χ3v) is 2.72. The fraction of sp³-hybridized carbons (Fsp3) is 0.700. The summed E-state index contributed by atoms with van der Waals surface area (Å²) in [5.41, 5.74) is 0. The molecule has 2 amide bonds. The number of alkyl halides is 4. The van der Waals surface area contributed by atoms with Crippen LogP contribution >= 0.6 is 0 Å². The second-order valence-electron chi connectivity index (χ2n) is 4.34. The van der Waals surface area contributed by atoms with Gasteiger partial charge >= 0.3 is 12.1 Å². The number of carbonyl (C=O) groups excluding carboxylic acids is 2. The number of rotatable bonds is 5. The van der Waals surface area contributed by atoms with E-state index in [1.54, 1.807) is 0 Å². The standard InChI is InChI=1S/C10H12F4N2O4/c11-2-6(9(19)20)15-8(18)5-1-7(17)16(3-5)4-10(12,13)14/h5-6H,1-4H2,(H,15,18)(H,19,20). The second-order valence-corrected chi connectivity index (χ2v) is 4.34. The third-order valence-electron chi connectivity index (χ3n) is 2.72. The van der Waals surface area contributed by atoms with Gasteiger partial charge in [-0.2, -0.15) is 13.2 Å². The minimum Gasteiger partial charge on any atom is -0.480 e. The van der Waals surface area contributed by atoms with E-state index in [0.29, 0.717) is 4.90 Å². The van der Waals surface area contributed by atoms with Crippen LogP contribution in [0.15, 0.2) is 0 Å². The molecule has 0 aliphatic carbocycles. The summed E-state index contributed by atoms with van der Waals surface area (Å²) in [5.74, 6) is -4.52. The van der Waals surface area contributed by atoms with Crippen LogP contribution in [-0.2, 0) is 14.4 Å². The molecular weight excluding hydrogens is 288 g/mol. The van der Waals surface area contributed by atoms with Gasteiger partial charge < -0.3 is 15.3 Å². The number of hydrogen-bond acceptors (Lipinski definition) is 3. The molecule has 20 heavy (non-hydrogen) atoms. The Hall–Kier alpha value is -1.87. The van der Waals surface area contributed by atoms with Crippen LogP contribution in [-0.4, -0.2) is 59.8 Å². The molecule has 1 heterocycles. The molecule has 0 bridgehead atoms. The first kappa shape index (κ1) is 16.2. The van der Waals surface area contributed by atoms with Crippen molar-refractivity contribution in [2.24, 2.45) is 5.92 Å². The van der Waals surface area contributed by atoms with Gasteiger partial charge in [-0.25, -0.2) is 9.18 Å². The second kappa shape index (κ2) is 6.06. The van der Waals surface area contributed by atoms with Crippen molar-refractivity contribution in [1.82, 2.24) is 10.2 Å². The van der Waals surface area contributed by atoms with E-state index in [9.17, 15) is 31.9 Å². The van der Waals surface area contributed by atoms with E-state index in [2.05, 4.69) is 0 Å². The maximum Gasteiger partial charge on any atom is 0.406 e. The lowest BCUT2D eigenvalue weighted by Crippen LogP contribution is -2.45. The van der Waals surface area contributed by atoms with Crippen LogP contribution in [0.3, 0.4) is 0 Å². The van der Waals surface area contributed by atoms with Crippen molar-refractivity contribution in [3.63, 3.8) is 0 Å². The van der Waals surface area contributed by atoms with Gasteiger partial charge in [0.2, 0.25) is 11.8 Å². The molecule has 1 saturated heterocycles. The minimum absolute atomic E-state index is 0.458. The molecule has 114 valence electrons. The molecule has 0 aromatic carbocycles. The number of likely N-dealkylation sites (tertiary alicyclic amines) is 1. The van der Waals surface area contributed by atoms with Crippen molar-refractivity contribution in [3.8, 4) is 0 Å². The average molecular weight is 300 g/mol. The molecule has 10 heteroatoms. The normalized spacial score (nSPS) is 20.9. The lowest BCUT2D eigenvalue weighted by atomic mass is 10.1. The van der Waals surface area contributed by atoms with Gasteiger partial charge in [0.1, 0.15) is 13.2 Å². The molecule has 1 rings (SSSR count). The first-order valence-electron chi connectivity index (χ1n) is 5.57.